The molecule has 8 nitrogen and oxygen atoms in total. The van der Waals surface area contributed by atoms with Crippen molar-refractivity contribution in [3.8, 4) is 23.3 Å². The predicted octanol–water partition coefficient (Wildman–Crippen LogP) is 4.58. The molecular weight excluding hydrogens is 446 g/mol. The van der Waals surface area contributed by atoms with Gasteiger partial charge in [0.05, 0.1) is 14.2 Å². The highest BCUT2D eigenvalue weighted by molar-refractivity contribution is 6.09. The molecule has 0 aliphatic rings. The van der Waals surface area contributed by atoms with Crippen molar-refractivity contribution in [3.63, 3.8) is 0 Å². The fourth-order valence-corrected chi connectivity index (χ4v) is 3.06. The SMILES string of the molecule is COc1ccc(NC(=O)COc2ccc(C=C(C#N)C(=O)Nc3ccc(C)cc3)cc2OC)cc1. The highest BCUT2D eigenvalue weighted by atomic mass is 16.5. The molecule has 0 aliphatic heterocycles. The number of nitrogens with zero attached hydrogens (tertiary/aromatic N) is 1. The number of rotatable bonds is 9. The van der Waals surface area contributed by atoms with E-state index in [-0.39, 0.29) is 18.1 Å². The van der Waals surface area contributed by atoms with Crippen LogP contribution in [0.3, 0.4) is 0 Å². The number of benzene rings is 3. The largest absolute Gasteiger partial charge is 0.497 e. The minimum atomic E-state index is -0.522. The smallest absolute Gasteiger partial charge is 0.266 e. The molecule has 0 heterocycles. The summed E-state index contributed by atoms with van der Waals surface area (Å²) in [4.78, 5) is 24.7. The molecule has 0 saturated heterocycles. The second kappa shape index (κ2) is 11.9. The van der Waals surface area contributed by atoms with Gasteiger partial charge in [0.25, 0.3) is 11.8 Å². The Balaban J connectivity index is 1.65. The van der Waals surface area contributed by atoms with Crippen LogP contribution in [0.5, 0.6) is 17.2 Å². The molecule has 2 N–H and O–H groups in total. The number of nitrogens with one attached hydrogen (secondary N) is 2. The van der Waals surface area contributed by atoms with E-state index in [1.165, 1.54) is 13.2 Å². The van der Waals surface area contributed by atoms with Crippen LogP contribution in [-0.2, 0) is 9.59 Å². The summed E-state index contributed by atoms with van der Waals surface area (Å²) < 4.78 is 16.1. The summed E-state index contributed by atoms with van der Waals surface area (Å²) >= 11 is 0. The van der Waals surface area contributed by atoms with Crippen LogP contribution in [-0.4, -0.2) is 32.6 Å². The summed E-state index contributed by atoms with van der Waals surface area (Å²) in [5.74, 6) is 0.515. The van der Waals surface area contributed by atoms with Gasteiger partial charge in [-0.3, -0.25) is 9.59 Å². The van der Waals surface area contributed by atoms with Crippen LogP contribution in [0.1, 0.15) is 11.1 Å². The number of ether oxygens (including phenoxy) is 3. The van der Waals surface area contributed by atoms with Crippen LogP contribution in [0.15, 0.2) is 72.3 Å². The zero-order valence-corrected chi connectivity index (χ0v) is 19.6. The third-order valence-electron chi connectivity index (χ3n) is 4.91. The molecule has 3 aromatic carbocycles. The average Bonchev–Trinajstić information content (AvgIpc) is 2.88. The van der Waals surface area contributed by atoms with E-state index in [4.69, 9.17) is 14.2 Å². The first-order chi connectivity index (χ1) is 16.9. The van der Waals surface area contributed by atoms with Crippen molar-refractivity contribution in [3.05, 3.63) is 83.4 Å². The van der Waals surface area contributed by atoms with Crippen LogP contribution in [0, 0.1) is 18.3 Å². The molecule has 8 heteroatoms. The lowest BCUT2D eigenvalue weighted by atomic mass is 10.1. The van der Waals surface area contributed by atoms with Crippen molar-refractivity contribution < 1.29 is 23.8 Å². The van der Waals surface area contributed by atoms with E-state index in [9.17, 15) is 14.9 Å². The number of nitriles is 1. The van der Waals surface area contributed by atoms with Gasteiger partial charge >= 0.3 is 0 Å². The molecule has 0 fully saturated rings. The van der Waals surface area contributed by atoms with Crippen molar-refractivity contribution in [1.82, 2.24) is 0 Å². The van der Waals surface area contributed by atoms with Gasteiger partial charge in [0.2, 0.25) is 0 Å². The minimum absolute atomic E-state index is 0.0693. The van der Waals surface area contributed by atoms with Gasteiger partial charge in [-0.1, -0.05) is 23.8 Å². The molecule has 0 unspecified atom stereocenters. The van der Waals surface area contributed by atoms with Gasteiger partial charge in [-0.15, -0.1) is 0 Å². The lowest BCUT2D eigenvalue weighted by Gasteiger charge is -2.12. The standard InChI is InChI=1S/C27H25N3O5/c1-18-4-7-22(8-5-18)30-27(32)20(16-28)14-19-6-13-24(25(15-19)34-3)35-17-26(31)29-21-9-11-23(33-2)12-10-21/h4-15H,17H2,1-3H3,(H,29,31)(H,30,32). The van der Waals surface area contributed by atoms with Crippen LogP contribution in [0.2, 0.25) is 0 Å². The number of anilines is 2. The molecule has 0 radical (unpaired) electrons. The van der Waals surface area contributed by atoms with Gasteiger partial charge in [-0.05, 0) is 67.1 Å². The van der Waals surface area contributed by atoms with Crippen LogP contribution >= 0.6 is 0 Å². The molecule has 3 aromatic rings. The minimum Gasteiger partial charge on any atom is -0.497 e. The van der Waals surface area contributed by atoms with Gasteiger partial charge in [-0.2, -0.15) is 5.26 Å². The fourth-order valence-electron chi connectivity index (χ4n) is 3.06. The quantitative estimate of drug-likeness (QED) is 0.349. The second-order valence-electron chi connectivity index (χ2n) is 7.47. The third-order valence-corrected chi connectivity index (χ3v) is 4.91. The molecule has 0 spiro atoms. The molecule has 0 saturated carbocycles. The summed E-state index contributed by atoms with van der Waals surface area (Å²) in [7, 11) is 3.03. The fraction of sp³-hybridized carbons (Fsp3) is 0.148. The van der Waals surface area contributed by atoms with Crippen molar-refractivity contribution in [2.45, 2.75) is 6.92 Å². The van der Waals surface area contributed by atoms with E-state index in [1.807, 2.05) is 25.1 Å². The van der Waals surface area contributed by atoms with Crippen molar-refractivity contribution in [2.24, 2.45) is 0 Å². The summed E-state index contributed by atoms with van der Waals surface area (Å²) in [5.41, 5.74) is 2.76. The first-order valence-corrected chi connectivity index (χ1v) is 10.7. The zero-order chi connectivity index (χ0) is 25.2. The maximum Gasteiger partial charge on any atom is 0.266 e. The van der Waals surface area contributed by atoms with E-state index in [0.717, 1.165) is 5.56 Å². The molecule has 2 amide bonds. The zero-order valence-electron chi connectivity index (χ0n) is 19.6. The lowest BCUT2D eigenvalue weighted by Crippen LogP contribution is -2.20. The number of carbonyl (C=O) groups excluding carboxylic acids is 2. The predicted molar refractivity (Wildman–Crippen MR) is 134 cm³/mol. The Labute approximate surface area is 203 Å². The van der Waals surface area contributed by atoms with Gasteiger partial charge in [-0.25, -0.2) is 0 Å². The Hall–Kier alpha value is -4.77. The van der Waals surface area contributed by atoms with Gasteiger partial charge in [0.1, 0.15) is 17.4 Å². The first kappa shape index (κ1) is 24.9. The first-order valence-electron chi connectivity index (χ1n) is 10.7. The van der Waals surface area contributed by atoms with Crippen molar-refractivity contribution >= 4 is 29.3 Å². The lowest BCUT2D eigenvalue weighted by molar-refractivity contribution is -0.118. The number of methoxy groups -OCH3 is 2. The van der Waals surface area contributed by atoms with Crippen molar-refractivity contribution in [1.29, 1.82) is 5.26 Å². The van der Waals surface area contributed by atoms with E-state index >= 15 is 0 Å². The van der Waals surface area contributed by atoms with E-state index in [0.29, 0.717) is 34.2 Å². The molecule has 0 atom stereocenters. The summed E-state index contributed by atoms with van der Waals surface area (Å²) in [6.45, 7) is 1.71. The molecule has 0 bridgehead atoms. The normalized spacial score (nSPS) is 10.6. The third kappa shape index (κ3) is 7.11. The Morgan fingerprint density at radius 3 is 2.17 bits per heavy atom. The number of carbonyl (C=O) groups is 2. The van der Waals surface area contributed by atoms with Gasteiger partial charge in [0, 0.05) is 11.4 Å². The van der Waals surface area contributed by atoms with Gasteiger partial charge < -0.3 is 24.8 Å². The number of amides is 2. The number of aryl methyl sites for hydroxylation is 1. The number of hydrogen-bond acceptors (Lipinski definition) is 6. The maximum atomic E-state index is 12.5. The molecule has 35 heavy (non-hydrogen) atoms. The summed E-state index contributed by atoms with van der Waals surface area (Å²) in [6.07, 6.45) is 1.45. The topological polar surface area (TPSA) is 110 Å². The monoisotopic (exact) mass is 471 g/mol. The Morgan fingerprint density at radius 1 is 0.886 bits per heavy atom. The summed E-state index contributed by atoms with van der Waals surface area (Å²) in [6, 6.07) is 21.0. The van der Waals surface area contributed by atoms with Crippen LogP contribution < -0.4 is 24.8 Å². The van der Waals surface area contributed by atoms with E-state index < -0.39 is 5.91 Å². The maximum absolute atomic E-state index is 12.5. The van der Waals surface area contributed by atoms with E-state index in [1.54, 1.807) is 61.7 Å². The van der Waals surface area contributed by atoms with E-state index in [2.05, 4.69) is 10.6 Å². The highest BCUT2D eigenvalue weighted by Gasteiger charge is 2.12. The average molecular weight is 472 g/mol. The summed E-state index contributed by atoms with van der Waals surface area (Å²) in [5, 5.41) is 14.9. The Bertz CT molecular complexity index is 1260. The second-order valence-corrected chi connectivity index (χ2v) is 7.47. The van der Waals surface area contributed by atoms with Crippen LogP contribution in [0.25, 0.3) is 6.08 Å². The Kier molecular flexibility index (Phi) is 8.46. The molecule has 3 rings (SSSR count). The number of hydrogen-bond donors (Lipinski definition) is 2. The van der Waals surface area contributed by atoms with Crippen LogP contribution in [0.4, 0.5) is 11.4 Å². The highest BCUT2D eigenvalue weighted by Crippen LogP contribution is 2.29. The van der Waals surface area contributed by atoms with Gasteiger partial charge in [0.15, 0.2) is 18.1 Å². The molecule has 0 aromatic heterocycles. The van der Waals surface area contributed by atoms with Crippen molar-refractivity contribution in [2.75, 3.05) is 31.5 Å². The Morgan fingerprint density at radius 2 is 1.54 bits per heavy atom. The molecular formula is C27H25N3O5. The molecule has 178 valence electrons. The molecule has 0 aliphatic carbocycles.